The van der Waals surface area contributed by atoms with Gasteiger partial charge in [0.05, 0.1) is 5.69 Å². The third-order valence-electron chi connectivity index (χ3n) is 16.5. The molecule has 1 heterocycles. The summed E-state index contributed by atoms with van der Waals surface area (Å²) in [6.45, 7) is 21.0. The third kappa shape index (κ3) is 12.1. The van der Waals surface area contributed by atoms with Crippen molar-refractivity contribution in [2.45, 2.75) is 196 Å². The van der Waals surface area contributed by atoms with Crippen LogP contribution in [0.5, 0.6) is 0 Å². The summed E-state index contributed by atoms with van der Waals surface area (Å²) in [6, 6.07) is 45.6. The Morgan fingerprint density at radius 3 is 1.26 bits per heavy atom. The summed E-state index contributed by atoms with van der Waals surface area (Å²) in [5, 5.41) is 0. The maximum atomic E-state index is 5.31. The highest BCUT2D eigenvalue weighted by molar-refractivity contribution is 5.86. The highest BCUT2D eigenvalue weighted by Crippen LogP contribution is 2.53. The number of hydrogen-bond acceptors (Lipinski definition) is 1. The van der Waals surface area contributed by atoms with E-state index in [1.165, 1.54) is 208 Å². The van der Waals surface area contributed by atoms with Crippen LogP contribution in [0.15, 0.2) is 121 Å². The van der Waals surface area contributed by atoms with Gasteiger partial charge in [-0.15, -0.1) is 0 Å². The lowest BCUT2D eigenvalue weighted by atomic mass is 9.72. The Bertz CT molecular complexity index is 2750. The molecule has 1 unspecified atom stereocenters. The Kier molecular flexibility index (Phi) is 18.3. The van der Waals surface area contributed by atoms with Gasteiger partial charge in [0.2, 0.25) is 0 Å². The number of aryl methyl sites for hydroxylation is 6. The van der Waals surface area contributed by atoms with Gasteiger partial charge in [-0.1, -0.05) is 190 Å². The molecule has 72 heavy (non-hydrogen) atoms. The van der Waals surface area contributed by atoms with E-state index in [1.807, 2.05) is 0 Å². The van der Waals surface area contributed by atoms with Gasteiger partial charge < -0.3 is 0 Å². The molecule has 0 radical (unpaired) electrons. The Labute approximate surface area is 437 Å². The van der Waals surface area contributed by atoms with E-state index >= 15 is 0 Å². The Morgan fingerprint density at radius 2 is 0.792 bits per heavy atom. The third-order valence-corrected chi connectivity index (χ3v) is 16.5. The molecule has 0 N–H and O–H groups in total. The summed E-state index contributed by atoms with van der Waals surface area (Å²) in [5.74, 6) is 0. The van der Waals surface area contributed by atoms with E-state index in [-0.39, 0.29) is 5.41 Å². The van der Waals surface area contributed by atoms with Gasteiger partial charge in [0.15, 0.2) is 0 Å². The molecule has 6 aromatic carbocycles. The van der Waals surface area contributed by atoms with Crippen molar-refractivity contribution in [3.8, 4) is 55.8 Å². The van der Waals surface area contributed by atoms with Crippen molar-refractivity contribution in [1.29, 1.82) is 0 Å². The number of nitrogens with zero attached hydrogens (tertiary/aromatic N) is 1. The molecule has 0 saturated heterocycles. The van der Waals surface area contributed by atoms with Crippen molar-refractivity contribution < 1.29 is 0 Å². The Balaban J connectivity index is 1.16. The standard InChI is InChI=1S/C71H87N/c1-10-14-18-22-28-54-42-55(29-23-19-15-11-2)44-63(43-54)71(9)68-33-27-26-32-66(68)67-36-34-56(48-69(67)71)70-37-35-57(49-72-70)60-45-61(58-38-50(5)64(51(6)39-58)30-24-20-16-12-3)47-62(46-60)59-40-52(7)65(53(8)41-59)31-25-21-17-13-4/h26-27,32-49H,10-25,28-31H2,1-9H3. The normalized spacial score (nSPS) is 14.0. The van der Waals surface area contributed by atoms with Gasteiger partial charge in [0.1, 0.15) is 0 Å². The molecule has 0 fully saturated rings. The van der Waals surface area contributed by atoms with Gasteiger partial charge in [-0.25, -0.2) is 0 Å². The summed E-state index contributed by atoms with van der Waals surface area (Å²) < 4.78 is 0. The molecule has 1 atom stereocenters. The monoisotopic (exact) mass is 954 g/mol. The predicted octanol–water partition coefficient (Wildman–Crippen LogP) is 20.8. The van der Waals surface area contributed by atoms with E-state index in [4.69, 9.17) is 4.98 Å². The number of pyridine rings is 1. The largest absolute Gasteiger partial charge is 0.256 e. The molecule has 1 aliphatic carbocycles. The van der Waals surface area contributed by atoms with E-state index in [2.05, 4.69) is 184 Å². The Hall–Kier alpha value is -5.53. The highest BCUT2D eigenvalue weighted by atomic mass is 14.7. The average molecular weight is 954 g/mol. The fraction of sp³-hybridized carbons (Fsp3) is 0.423. The number of rotatable bonds is 25. The minimum atomic E-state index is -0.274. The van der Waals surface area contributed by atoms with E-state index in [9.17, 15) is 0 Å². The molecule has 1 aromatic heterocycles. The molecule has 0 amide bonds. The van der Waals surface area contributed by atoms with Crippen LogP contribution in [0.1, 0.15) is 199 Å². The number of aromatic nitrogens is 1. The molecule has 0 aliphatic heterocycles. The first-order chi connectivity index (χ1) is 35.1. The summed E-state index contributed by atoms with van der Waals surface area (Å²) >= 11 is 0. The van der Waals surface area contributed by atoms with Gasteiger partial charge in [-0.2, -0.15) is 0 Å². The minimum Gasteiger partial charge on any atom is -0.256 e. The molecule has 0 spiro atoms. The molecule has 7 aromatic rings. The summed E-state index contributed by atoms with van der Waals surface area (Å²) in [5.41, 5.74) is 28.0. The lowest BCUT2D eigenvalue weighted by molar-refractivity contribution is 0.656. The van der Waals surface area contributed by atoms with E-state index in [0.29, 0.717) is 0 Å². The van der Waals surface area contributed by atoms with Crippen molar-refractivity contribution in [1.82, 2.24) is 4.98 Å². The second-order valence-electron chi connectivity index (χ2n) is 22.1. The Morgan fingerprint density at radius 1 is 0.361 bits per heavy atom. The number of hydrogen-bond donors (Lipinski definition) is 0. The maximum Gasteiger partial charge on any atom is 0.0702 e. The second kappa shape index (κ2) is 24.9. The quantitative estimate of drug-likeness (QED) is 0.0520. The van der Waals surface area contributed by atoms with Crippen LogP contribution in [0.2, 0.25) is 0 Å². The van der Waals surface area contributed by atoms with E-state index in [0.717, 1.165) is 36.9 Å². The van der Waals surface area contributed by atoms with Crippen LogP contribution in [-0.2, 0) is 31.1 Å². The zero-order chi connectivity index (χ0) is 50.6. The molecule has 1 nitrogen and oxygen atoms in total. The van der Waals surface area contributed by atoms with Crippen LogP contribution in [0.25, 0.3) is 55.8 Å². The molecule has 1 aliphatic rings. The van der Waals surface area contributed by atoms with Gasteiger partial charge >= 0.3 is 0 Å². The molecule has 0 saturated carbocycles. The summed E-state index contributed by atoms with van der Waals surface area (Å²) in [4.78, 5) is 5.31. The first kappa shape index (κ1) is 52.8. The highest BCUT2D eigenvalue weighted by Gasteiger charge is 2.41. The minimum absolute atomic E-state index is 0.274. The average Bonchev–Trinajstić information content (AvgIpc) is 3.65. The zero-order valence-corrected chi connectivity index (χ0v) is 46.1. The van der Waals surface area contributed by atoms with Crippen molar-refractivity contribution in [3.63, 3.8) is 0 Å². The first-order valence-corrected chi connectivity index (χ1v) is 28.8. The van der Waals surface area contributed by atoms with Crippen LogP contribution >= 0.6 is 0 Å². The van der Waals surface area contributed by atoms with Crippen molar-refractivity contribution in [2.24, 2.45) is 0 Å². The van der Waals surface area contributed by atoms with Crippen LogP contribution in [0.3, 0.4) is 0 Å². The molecule has 1 heteroatoms. The fourth-order valence-corrected chi connectivity index (χ4v) is 12.2. The number of unbranched alkanes of at least 4 members (excludes halogenated alkanes) is 12. The van der Waals surface area contributed by atoms with Crippen LogP contribution < -0.4 is 0 Å². The van der Waals surface area contributed by atoms with Gasteiger partial charge in [-0.3, -0.25) is 4.98 Å². The molecular formula is C71H87N. The second-order valence-corrected chi connectivity index (χ2v) is 22.1. The zero-order valence-electron chi connectivity index (χ0n) is 46.1. The van der Waals surface area contributed by atoms with Gasteiger partial charge in [-0.05, 0) is 216 Å². The maximum absolute atomic E-state index is 5.31. The lowest BCUT2D eigenvalue weighted by Crippen LogP contribution is -2.23. The number of fused-ring (bicyclic) bond motifs is 3. The van der Waals surface area contributed by atoms with Crippen molar-refractivity contribution >= 4 is 0 Å². The summed E-state index contributed by atoms with van der Waals surface area (Å²) in [7, 11) is 0. The molecule has 0 bridgehead atoms. The first-order valence-electron chi connectivity index (χ1n) is 28.8. The van der Waals surface area contributed by atoms with Crippen LogP contribution in [0, 0.1) is 27.7 Å². The van der Waals surface area contributed by atoms with Crippen molar-refractivity contribution in [2.75, 3.05) is 0 Å². The number of benzene rings is 6. The van der Waals surface area contributed by atoms with Crippen molar-refractivity contribution in [3.05, 3.63) is 183 Å². The van der Waals surface area contributed by atoms with E-state index in [1.54, 1.807) is 0 Å². The summed E-state index contributed by atoms with van der Waals surface area (Å²) in [6.07, 6.45) is 27.3. The van der Waals surface area contributed by atoms with E-state index < -0.39 is 0 Å². The lowest BCUT2D eigenvalue weighted by Gasteiger charge is -2.30. The fourth-order valence-electron chi connectivity index (χ4n) is 12.2. The molecular weight excluding hydrogens is 867 g/mol. The predicted molar refractivity (Wildman–Crippen MR) is 314 cm³/mol. The topological polar surface area (TPSA) is 12.9 Å². The molecule has 376 valence electrons. The van der Waals surface area contributed by atoms with Gasteiger partial charge in [0.25, 0.3) is 0 Å². The van der Waals surface area contributed by atoms with Crippen LogP contribution in [-0.4, -0.2) is 4.98 Å². The van der Waals surface area contributed by atoms with Crippen LogP contribution in [0.4, 0.5) is 0 Å². The van der Waals surface area contributed by atoms with Gasteiger partial charge in [0, 0.05) is 22.7 Å². The molecule has 8 rings (SSSR count). The smallest absolute Gasteiger partial charge is 0.0702 e. The SMILES string of the molecule is CCCCCCc1cc(CCCCCC)cc(C2(C)c3ccccc3-c3ccc(-c4ccc(-c5cc(-c6cc(C)c(CCCCCC)c(C)c6)cc(-c6cc(C)c(CCCCCC)c(C)c6)c5)cn4)cc32)c1.